The zero-order valence-electron chi connectivity index (χ0n) is 17.6. The molecule has 0 N–H and O–H groups in total. The lowest BCUT2D eigenvalue weighted by Crippen LogP contribution is -1.98. The minimum atomic E-state index is 0.478. The van der Waals surface area contributed by atoms with E-state index in [0.717, 1.165) is 39.3 Å². The fraction of sp³-hybridized carbons (Fsp3) is 0.208. The van der Waals surface area contributed by atoms with E-state index in [9.17, 15) is 5.26 Å². The molecule has 0 aliphatic carbocycles. The van der Waals surface area contributed by atoms with E-state index in [1.54, 1.807) is 0 Å². The van der Waals surface area contributed by atoms with Gasteiger partial charge in [0.15, 0.2) is 5.82 Å². The van der Waals surface area contributed by atoms with E-state index in [1.807, 2.05) is 80.3 Å². The summed E-state index contributed by atoms with van der Waals surface area (Å²) in [6, 6.07) is 12.1. The van der Waals surface area contributed by atoms with Crippen LogP contribution in [0.3, 0.4) is 0 Å². The summed E-state index contributed by atoms with van der Waals surface area (Å²) in [4.78, 5) is 8.32. The summed E-state index contributed by atoms with van der Waals surface area (Å²) in [5, 5.41) is 9.86. The molecule has 0 saturated carbocycles. The molecule has 4 aromatic rings. The molecule has 0 aliphatic heterocycles. The van der Waals surface area contributed by atoms with Crippen LogP contribution in [-0.2, 0) is 7.05 Å². The van der Waals surface area contributed by atoms with Gasteiger partial charge in [-0.2, -0.15) is 5.26 Å². The number of imidazole rings is 1. The second-order valence-corrected chi connectivity index (χ2v) is 7.36. The van der Waals surface area contributed by atoms with Crippen molar-refractivity contribution in [2.45, 2.75) is 27.7 Å². The van der Waals surface area contributed by atoms with Crippen LogP contribution < -0.4 is 0 Å². The number of hydrogen-bond acceptors (Lipinski definition) is 3. The quantitative estimate of drug-likeness (QED) is 0.325. The lowest BCUT2D eigenvalue weighted by Gasteiger charge is -2.07. The van der Waals surface area contributed by atoms with Crippen molar-refractivity contribution in [3.8, 4) is 12.0 Å². The van der Waals surface area contributed by atoms with Crippen molar-refractivity contribution in [1.29, 1.82) is 5.26 Å². The van der Waals surface area contributed by atoms with Gasteiger partial charge in [-0.25, -0.2) is 9.83 Å². The molecule has 6 heteroatoms. The molecule has 3 aromatic heterocycles. The first-order valence-electron chi connectivity index (χ1n) is 9.57. The van der Waals surface area contributed by atoms with Gasteiger partial charge < -0.3 is 8.98 Å². The van der Waals surface area contributed by atoms with Crippen LogP contribution >= 0.6 is 0 Å². The van der Waals surface area contributed by atoms with Gasteiger partial charge in [0.1, 0.15) is 6.07 Å². The maximum Gasteiger partial charge on any atom is 0.252 e. The fourth-order valence-corrected chi connectivity index (χ4v) is 3.82. The highest BCUT2D eigenvalue weighted by Crippen LogP contribution is 2.36. The van der Waals surface area contributed by atoms with Gasteiger partial charge in [0, 0.05) is 18.4 Å². The maximum atomic E-state index is 9.86. The number of hydrogen-bond donors (Lipinski definition) is 0. The van der Waals surface area contributed by atoms with Crippen LogP contribution in [0.25, 0.3) is 33.4 Å². The van der Waals surface area contributed by atoms with Gasteiger partial charge >= 0.3 is 0 Å². The van der Waals surface area contributed by atoms with E-state index in [4.69, 9.17) is 11.0 Å². The molecule has 0 fully saturated rings. The largest absolute Gasteiger partial charge is 0.456 e. The van der Waals surface area contributed by atoms with Crippen LogP contribution in [0.1, 0.15) is 34.1 Å². The lowest BCUT2D eigenvalue weighted by molar-refractivity contribution is 0.505. The monoisotopic (exact) mass is 395 g/mol. The van der Waals surface area contributed by atoms with E-state index in [0.29, 0.717) is 23.0 Å². The topological polar surface area (TPSA) is 64.0 Å². The molecule has 148 valence electrons. The first kappa shape index (κ1) is 19.3. The Bertz CT molecular complexity index is 1410. The Morgan fingerprint density at radius 1 is 1.23 bits per heavy atom. The molecule has 0 bridgehead atoms. The predicted octanol–water partition coefficient (Wildman–Crippen LogP) is 5.81. The summed E-state index contributed by atoms with van der Waals surface area (Å²) in [7, 11) is 1.91. The van der Waals surface area contributed by atoms with Crippen LogP contribution in [0.4, 0.5) is 5.69 Å². The van der Waals surface area contributed by atoms with Gasteiger partial charge in [-0.3, -0.25) is 4.57 Å². The summed E-state index contributed by atoms with van der Waals surface area (Å²) in [5.41, 5.74) is 6.39. The van der Waals surface area contributed by atoms with Crippen molar-refractivity contribution in [3.63, 3.8) is 0 Å². The average molecular weight is 395 g/mol. The van der Waals surface area contributed by atoms with E-state index in [2.05, 4.69) is 15.9 Å². The molecule has 0 aliphatic rings. The second-order valence-electron chi connectivity index (χ2n) is 7.36. The first-order chi connectivity index (χ1) is 14.4. The number of para-hydroxylation sites is 2. The van der Waals surface area contributed by atoms with E-state index in [1.165, 1.54) is 0 Å². The molecule has 0 spiro atoms. The molecule has 4 rings (SSSR count). The maximum absolute atomic E-state index is 9.86. The van der Waals surface area contributed by atoms with Gasteiger partial charge in [-0.05, 0) is 63.1 Å². The third-order valence-electron chi connectivity index (χ3n) is 5.57. The van der Waals surface area contributed by atoms with Crippen molar-refractivity contribution in [2.24, 2.45) is 7.05 Å². The van der Waals surface area contributed by atoms with Crippen molar-refractivity contribution in [2.75, 3.05) is 0 Å². The molecular weight excluding hydrogens is 374 g/mol. The molecule has 0 radical (unpaired) electrons. The molecule has 3 heterocycles. The molecule has 0 atom stereocenters. The van der Waals surface area contributed by atoms with Crippen molar-refractivity contribution >= 4 is 28.4 Å². The molecule has 30 heavy (non-hydrogen) atoms. The number of aryl methyl sites for hydroxylation is 3. The van der Waals surface area contributed by atoms with E-state index >= 15 is 0 Å². The smallest absolute Gasteiger partial charge is 0.252 e. The van der Waals surface area contributed by atoms with Crippen LogP contribution in [-0.4, -0.2) is 14.1 Å². The molecule has 0 saturated heterocycles. The third-order valence-corrected chi connectivity index (χ3v) is 5.57. The third kappa shape index (κ3) is 2.82. The lowest BCUT2D eigenvalue weighted by atomic mass is 10.1. The summed E-state index contributed by atoms with van der Waals surface area (Å²) >= 11 is 0. The van der Waals surface area contributed by atoms with Crippen molar-refractivity contribution in [3.05, 3.63) is 75.8 Å². The molecule has 0 amide bonds. The zero-order chi connectivity index (χ0) is 21.6. The Morgan fingerprint density at radius 3 is 2.63 bits per heavy atom. The van der Waals surface area contributed by atoms with E-state index in [-0.39, 0.29) is 0 Å². The van der Waals surface area contributed by atoms with Crippen molar-refractivity contribution < 1.29 is 4.42 Å². The minimum absolute atomic E-state index is 0.478. The Morgan fingerprint density at radius 2 is 1.97 bits per heavy atom. The van der Waals surface area contributed by atoms with Gasteiger partial charge in [0.2, 0.25) is 5.88 Å². The number of nitrogens with zero attached hydrogens (tertiary/aromatic N) is 5. The fourth-order valence-electron chi connectivity index (χ4n) is 3.82. The number of aromatic nitrogens is 3. The highest BCUT2D eigenvalue weighted by molar-refractivity contribution is 5.91. The van der Waals surface area contributed by atoms with E-state index < -0.39 is 0 Å². The Balaban J connectivity index is 1.88. The van der Waals surface area contributed by atoms with Crippen molar-refractivity contribution in [1.82, 2.24) is 14.1 Å². The number of allylic oxidation sites excluding steroid dienone is 1. The summed E-state index contributed by atoms with van der Waals surface area (Å²) in [6.45, 7) is 15.2. The Hall–Kier alpha value is -4.03. The highest BCUT2D eigenvalue weighted by Gasteiger charge is 2.21. The van der Waals surface area contributed by atoms with Gasteiger partial charge in [0.05, 0.1) is 28.9 Å². The number of fused-ring (bicyclic) bond motifs is 1. The van der Waals surface area contributed by atoms with Crippen LogP contribution in [0.15, 0.2) is 34.7 Å². The number of nitriles is 1. The minimum Gasteiger partial charge on any atom is -0.456 e. The summed E-state index contributed by atoms with van der Waals surface area (Å²) < 4.78 is 9.78. The summed E-state index contributed by atoms with van der Waals surface area (Å²) in [6.07, 6.45) is 1.85. The molecule has 6 nitrogen and oxygen atoms in total. The standard InChI is InChI=1S/C24H21N5O/c1-14-11-18(16(3)29(14)24-22(26-5)15(2)17(4)30-24)12-19(13-25)23-27-20-9-7-8-10-21(20)28(23)6/h7-12H,1-4,6H3/b19-12+. The first-order valence-corrected chi connectivity index (χ1v) is 9.57. The second kappa shape index (κ2) is 7.09. The number of benzene rings is 1. The van der Waals surface area contributed by atoms with Gasteiger partial charge in [-0.1, -0.05) is 12.1 Å². The molecule has 1 aromatic carbocycles. The van der Waals surface area contributed by atoms with Crippen LogP contribution in [0.5, 0.6) is 0 Å². The predicted molar refractivity (Wildman–Crippen MR) is 117 cm³/mol. The normalized spacial score (nSPS) is 11.6. The number of furan rings is 1. The molecule has 0 unspecified atom stereocenters. The SMILES string of the molecule is [C-]#[N+]c1c(-n2c(C)cc(/C=C(\C#N)c3nc4ccccc4n3C)c2C)oc(C)c1C. The Labute approximate surface area is 175 Å². The Kier molecular flexibility index (Phi) is 4.56. The van der Waals surface area contributed by atoms with Crippen LogP contribution in [0, 0.1) is 45.6 Å². The van der Waals surface area contributed by atoms with Crippen LogP contribution in [0.2, 0.25) is 0 Å². The zero-order valence-corrected chi connectivity index (χ0v) is 17.6. The summed E-state index contributed by atoms with van der Waals surface area (Å²) in [5.74, 6) is 1.88. The van der Waals surface area contributed by atoms with Gasteiger partial charge in [0.25, 0.3) is 5.69 Å². The number of rotatable bonds is 3. The van der Waals surface area contributed by atoms with Gasteiger partial charge in [-0.15, -0.1) is 0 Å². The molecular formula is C24H21N5O. The highest BCUT2D eigenvalue weighted by atomic mass is 16.4. The average Bonchev–Trinajstić information content (AvgIpc) is 3.31.